The van der Waals surface area contributed by atoms with E-state index in [1.807, 2.05) is 0 Å². The molecule has 0 amide bonds. The first kappa shape index (κ1) is 13.1. The number of hydrogen-bond donors (Lipinski definition) is 0. The van der Waals surface area contributed by atoms with Gasteiger partial charge in [-0.15, -0.1) is 10.2 Å². The number of esters is 1. The van der Waals surface area contributed by atoms with Crippen molar-refractivity contribution in [3.63, 3.8) is 0 Å². The summed E-state index contributed by atoms with van der Waals surface area (Å²) in [5, 5.41) is 6.99. The SMILES string of the molecule is CCOC(=O)c1nnc(-c2cc(C)c(F)cc2F)o1. The summed E-state index contributed by atoms with van der Waals surface area (Å²) in [6.07, 6.45) is 0. The lowest BCUT2D eigenvalue weighted by atomic mass is 10.1. The van der Waals surface area contributed by atoms with Crippen molar-refractivity contribution in [3.05, 3.63) is 35.2 Å². The molecule has 2 rings (SSSR count). The van der Waals surface area contributed by atoms with Crippen molar-refractivity contribution in [2.24, 2.45) is 0 Å². The molecule has 0 radical (unpaired) electrons. The first-order valence-electron chi connectivity index (χ1n) is 5.49. The minimum Gasteiger partial charge on any atom is -0.459 e. The summed E-state index contributed by atoms with van der Waals surface area (Å²) in [6, 6.07) is 1.95. The van der Waals surface area contributed by atoms with Crippen LogP contribution in [0.3, 0.4) is 0 Å². The molecule has 100 valence electrons. The van der Waals surface area contributed by atoms with Crippen molar-refractivity contribution < 1.29 is 22.7 Å². The fraction of sp³-hybridized carbons (Fsp3) is 0.250. The maximum Gasteiger partial charge on any atom is 0.396 e. The van der Waals surface area contributed by atoms with Crippen molar-refractivity contribution in [3.8, 4) is 11.5 Å². The van der Waals surface area contributed by atoms with Crippen LogP contribution in [0.25, 0.3) is 11.5 Å². The molecule has 0 aliphatic rings. The van der Waals surface area contributed by atoms with Gasteiger partial charge in [-0.05, 0) is 25.5 Å². The zero-order valence-corrected chi connectivity index (χ0v) is 10.2. The van der Waals surface area contributed by atoms with Crippen LogP contribution >= 0.6 is 0 Å². The Kier molecular flexibility index (Phi) is 3.55. The van der Waals surface area contributed by atoms with E-state index in [1.54, 1.807) is 6.92 Å². The molecule has 2 aromatic rings. The predicted octanol–water partition coefficient (Wildman–Crippen LogP) is 2.50. The largest absolute Gasteiger partial charge is 0.459 e. The van der Waals surface area contributed by atoms with E-state index in [2.05, 4.69) is 14.9 Å². The molecule has 0 N–H and O–H groups in total. The maximum absolute atomic E-state index is 13.6. The molecule has 1 aromatic carbocycles. The molecule has 7 heteroatoms. The molecule has 0 spiro atoms. The Hall–Kier alpha value is -2.31. The Labute approximate surface area is 107 Å². The van der Waals surface area contributed by atoms with Crippen molar-refractivity contribution in [2.45, 2.75) is 13.8 Å². The van der Waals surface area contributed by atoms with Crippen LogP contribution in [0.1, 0.15) is 23.2 Å². The van der Waals surface area contributed by atoms with Crippen LogP contribution in [0.5, 0.6) is 0 Å². The Balaban J connectivity index is 2.38. The van der Waals surface area contributed by atoms with Crippen LogP contribution in [0.15, 0.2) is 16.5 Å². The molecule has 1 aromatic heterocycles. The number of aryl methyl sites for hydroxylation is 1. The van der Waals surface area contributed by atoms with Gasteiger partial charge in [-0.2, -0.15) is 0 Å². The second-order valence-corrected chi connectivity index (χ2v) is 3.71. The number of hydrogen-bond acceptors (Lipinski definition) is 5. The van der Waals surface area contributed by atoms with Crippen molar-refractivity contribution >= 4 is 5.97 Å². The molecule has 5 nitrogen and oxygen atoms in total. The third-order valence-corrected chi connectivity index (χ3v) is 2.35. The van der Waals surface area contributed by atoms with Crippen LogP contribution in [0.2, 0.25) is 0 Å². The third kappa shape index (κ3) is 2.59. The van der Waals surface area contributed by atoms with Gasteiger partial charge in [-0.25, -0.2) is 13.6 Å². The molecule has 0 atom stereocenters. The summed E-state index contributed by atoms with van der Waals surface area (Å²) >= 11 is 0. The average Bonchev–Trinajstić information content (AvgIpc) is 2.83. The lowest BCUT2D eigenvalue weighted by molar-refractivity contribution is 0.0481. The highest BCUT2D eigenvalue weighted by Crippen LogP contribution is 2.24. The van der Waals surface area contributed by atoms with Crippen LogP contribution < -0.4 is 0 Å². The molecule has 0 unspecified atom stereocenters. The van der Waals surface area contributed by atoms with Gasteiger partial charge in [0.2, 0.25) is 0 Å². The Morgan fingerprint density at radius 3 is 2.74 bits per heavy atom. The fourth-order valence-electron chi connectivity index (χ4n) is 1.43. The summed E-state index contributed by atoms with van der Waals surface area (Å²) in [5.74, 6) is -2.89. The molecule has 0 fully saturated rings. The molecule has 19 heavy (non-hydrogen) atoms. The topological polar surface area (TPSA) is 65.2 Å². The summed E-state index contributed by atoms with van der Waals surface area (Å²) in [6.45, 7) is 3.25. The van der Waals surface area contributed by atoms with Gasteiger partial charge in [0.15, 0.2) is 0 Å². The van der Waals surface area contributed by atoms with Gasteiger partial charge >= 0.3 is 11.9 Å². The molecule has 0 aliphatic carbocycles. The number of carbonyl (C=O) groups is 1. The van der Waals surface area contributed by atoms with Gasteiger partial charge in [0, 0.05) is 6.07 Å². The summed E-state index contributed by atoms with van der Waals surface area (Å²) in [7, 11) is 0. The zero-order valence-electron chi connectivity index (χ0n) is 10.2. The molecule has 0 aliphatic heterocycles. The lowest BCUT2D eigenvalue weighted by Crippen LogP contribution is -2.04. The minimum atomic E-state index is -0.845. The first-order chi connectivity index (χ1) is 9.02. The van der Waals surface area contributed by atoms with Crippen molar-refractivity contribution in [1.82, 2.24) is 10.2 Å². The number of nitrogens with zero attached hydrogens (tertiary/aromatic N) is 2. The van der Waals surface area contributed by atoms with Crippen LogP contribution in [-0.2, 0) is 4.74 Å². The van der Waals surface area contributed by atoms with Crippen molar-refractivity contribution in [2.75, 3.05) is 6.61 Å². The van der Waals surface area contributed by atoms with E-state index in [4.69, 9.17) is 4.42 Å². The standard InChI is InChI=1S/C12H10F2N2O3/c1-3-18-12(17)11-16-15-10(19-11)7-4-6(2)8(13)5-9(7)14/h4-5H,3H2,1-2H3. The molecule has 0 bridgehead atoms. The molecule has 1 heterocycles. The Morgan fingerprint density at radius 1 is 1.32 bits per heavy atom. The number of carbonyl (C=O) groups excluding carboxylic acids is 1. The maximum atomic E-state index is 13.6. The number of rotatable bonds is 3. The fourth-order valence-corrected chi connectivity index (χ4v) is 1.43. The van der Waals surface area contributed by atoms with Crippen LogP contribution in [0.4, 0.5) is 8.78 Å². The Morgan fingerprint density at radius 2 is 2.05 bits per heavy atom. The van der Waals surface area contributed by atoms with E-state index in [0.717, 1.165) is 6.07 Å². The highest BCUT2D eigenvalue weighted by molar-refractivity contribution is 5.84. The normalized spacial score (nSPS) is 10.5. The zero-order chi connectivity index (χ0) is 14.0. The monoisotopic (exact) mass is 268 g/mol. The number of aromatic nitrogens is 2. The smallest absolute Gasteiger partial charge is 0.396 e. The van der Waals surface area contributed by atoms with E-state index in [9.17, 15) is 13.6 Å². The third-order valence-electron chi connectivity index (χ3n) is 2.35. The quantitative estimate of drug-likeness (QED) is 0.800. The summed E-state index contributed by atoms with van der Waals surface area (Å²) < 4.78 is 36.4. The minimum absolute atomic E-state index is 0.0676. The highest BCUT2D eigenvalue weighted by Gasteiger charge is 2.19. The molecule has 0 saturated carbocycles. The van der Waals surface area contributed by atoms with Gasteiger partial charge in [-0.3, -0.25) is 0 Å². The van der Waals surface area contributed by atoms with Crippen LogP contribution in [0, 0.1) is 18.6 Å². The number of benzene rings is 1. The predicted molar refractivity (Wildman–Crippen MR) is 60.3 cm³/mol. The van der Waals surface area contributed by atoms with E-state index < -0.39 is 17.6 Å². The summed E-state index contributed by atoms with van der Waals surface area (Å²) in [5.41, 5.74) is 0.161. The van der Waals surface area contributed by atoms with Gasteiger partial charge in [0.1, 0.15) is 11.6 Å². The van der Waals surface area contributed by atoms with Gasteiger partial charge < -0.3 is 9.15 Å². The lowest BCUT2D eigenvalue weighted by Gasteiger charge is -2.01. The average molecular weight is 268 g/mol. The number of ether oxygens (including phenoxy) is 1. The molecular weight excluding hydrogens is 258 g/mol. The number of halogens is 2. The highest BCUT2D eigenvalue weighted by atomic mass is 19.1. The van der Waals surface area contributed by atoms with E-state index in [-0.39, 0.29) is 29.5 Å². The van der Waals surface area contributed by atoms with Gasteiger partial charge in [0.05, 0.1) is 12.2 Å². The van der Waals surface area contributed by atoms with E-state index in [1.165, 1.54) is 13.0 Å². The van der Waals surface area contributed by atoms with E-state index in [0.29, 0.717) is 0 Å². The first-order valence-corrected chi connectivity index (χ1v) is 5.49. The molecular formula is C12H10F2N2O3. The Bertz CT molecular complexity index is 625. The summed E-state index contributed by atoms with van der Waals surface area (Å²) in [4.78, 5) is 11.3. The van der Waals surface area contributed by atoms with E-state index >= 15 is 0 Å². The van der Waals surface area contributed by atoms with Gasteiger partial charge in [0.25, 0.3) is 5.89 Å². The molecule has 0 saturated heterocycles. The second-order valence-electron chi connectivity index (χ2n) is 3.71. The van der Waals surface area contributed by atoms with Crippen LogP contribution in [-0.4, -0.2) is 22.8 Å². The van der Waals surface area contributed by atoms with Crippen molar-refractivity contribution in [1.29, 1.82) is 0 Å². The second kappa shape index (κ2) is 5.13. The van der Waals surface area contributed by atoms with Gasteiger partial charge in [-0.1, -0.05) is 0 Å².